The maximum Gasteiger partial charge on any atom is 0.127 e. The smallest absolute Gasteiger partial charge is 0.127 e. The Balaban J connectivity index is 0.00000161. The molecule has 2 aromatic rings. The lowest BCUT2D eigenvalue weighted by molar-refractivity contribution is -0.917. The summed E-state index contributed by atoms with van der Waals surface area (Å²) in [5, 5.41) is 13.3. The van der Waals surface area contributed by atoms with Gasteiger partial charge in [-0.3, -0.25) is 0 Å². The van der Waals surface area contributed by atoms with E-state index in [0.29, 0.717) is 0 Å². The monoisotopic (exact) mass is 321 g/mol. The van der Waals surface area contributed by atoms with Crippen LogP contribution in [0.3, 0.4) is 0 Å². The predicted octanol–water partition coefficient (Wildman–Crippen LogP) is 3.95. The topological polar surface area (TPSA) is 20.2 Å². The summed E-state index contributed by atoms with van der Waals surface area (Å²) < 4.78 is 0.986. The van der Waals surface area contributed by atoms with Crippen molar-refractivity contribution >= 4 is 34.3 Å². The average Bonchev–Trinajstić information content (AvgIpc) is 2.49. The van der Waals surface area contributed by atoms with Gasteiger partial charge >= 0.3 is 0 Å². The maximum absolute atomic E-state index is 9.44. The third kappa shape index (κ3) is 3.75. The average molecular weight is 322 g/mol. The number of fused-ring (bicyclic) bond motifs is 1. The number of quaternary nitrogens is 1. The van der Waals surface area contributed by atoms with Crippen LogP contribution < -0.4 is 0 Å². The summed E-state index contributed by atoms with van der Waals surface area (Å²) in [6, 6.07) is 15.2. The van der Waals surface area contributed by atoms with E-state index in [9.17, 15) is 5.11 Å². The van der Waals surface area contributed by atoms with Crippen LogP contribution in [-0.2, 0) is 6.54 Å². The fraction of sp³-hybridized carbons (Fsp3) is 0.353. The Kier molecular flexibility index (Phi) is 5.99. The Morgan fingerprint density at radius 1 is 1.00 bits per heavy atom. The molecular formula is C17H23NOS2. The zero-order valence-corrected chi connectivity index (χ0v) is 14.1. The molecule has 21 heavy (non-hydrogen) atoms. The van der Waals surface area contributed by atoms with Gasteiger partial charge in [-0.1, -0.05) is 66.0 Å². The van der Waals surface area contributed by atoms with Gasteiger partial charge in [0.15, 0.2) is 0 Å². The molecule has 2 nitrogen and oxygen atoms in total. The van der Waals surface area contributed by atoms with Crippen molar-refractivity contribution in [2.24, 2.45) is 0 Å². The van der Waals surface area contributed by atoms with E-state index in [1.54, 1.807) is 0 Å². The maximum atomic E-state index is 9.44. The van der Waals surface area contributed by atoms with Gasteiger partial charge in [0.25, 0.3) is 0 Å². The number of benzene rings is 2. The van der Waals surface area contributed by atoms with E-state index in [4.69, 9.17) is 0 Å². The van der Waals surface area contributed by atoms with Gasteiger partial charge in [0.2, 0.25) is 0 Å². The van der Waals surface area contributed by atoms with E-state index in [0.717, 1.165) is 29.3 Å². The van der Waals surface area contributed by atoms with Crippen LogP contribution in [0.5, 0.6) is 0 Å². The number of nitrogens with zero attached hydrogens (tertiary/aromatic N) is 1. The molecule has 0 amide bonds. The zero-order chi connectivity index (χ0) is 13.8. The summed E-state index contributed by atoms with van der Waals surface area (Å²) >= 11 is 3.98. The van der Waals surface area contributed by atoms with Gasteiger partial charge in [0.05, 0.1) is 6.61 Å². The van der Waals surface area contributed by atoms with E-state index in [-0.39, 0.29) is 14.0 Å². The molecule has 0 saturated carbocycles. The van der Waals surface area contributed by atoms with Crippen molar-refractivity contribution in [2.45, 2.75) is 6.54 Å². The fourth-order valence-electron chi connectivity index (χ4n) is 2.86. The van der Waals surface area contributed by atoms with Gasteiger partial charge in [0.1, 0.15) is 24.8 Å². The molecule has 0 aromatic heterocycles. The van der Waals surface area contributed by atoms with E-state index in [2.05, 4.69) is 42.5 Å². The highest BCUT2D eigenvalue weighted by atomic mass is 32.2. The Morgan fingerprint density at radius 2 is 1.71 bits per heavy atom. The molecule has 114 valence electrons. The SMILES string of the molecule is OCC[N+]1(Cc2cccc3ccccc23)CSCSC1.[CH3-]. The van der Waals surface area contributed by atoms with Crippen molar-refractivity contribution < 1.29 is 9.59 Å². The molecule has 2 aromatic carbocycles. The first-order chi connectivity index (χ1) is 9.83. The molecule has 0 spiro atoms. The fourth-order valence-corrected chi connectivity index (χ4v) is 5.44. The van der Waals surface area contributed by atoms with Crippen LogP contribution in [0.25, 0.3) is 10.8 Å². The summed E-state index contributed by atoms with van der Waals surface area (Å²) in [7, 11) is 0. The van der Waals surface area contributed by atoms with Gasteiger partial charge in [-0.15, -0.1) is 0 Å². The van der Waals surface area contributed by atoms with E-state index in [1.165, 1.54) is 21.4 Å². The van der Waals surface area contributed by atoms with Crippen LogP contribution in [0.4, 0.5) is 0 Å². The van der Waals surface area contributed by atoms with Crippen molar-refractivity contribution in [3.63, 3.8) is 0 Å². The summed E-state index contributed by atoms with van der Waals surface area (Å²) in [5.41, 5.74) is 1.40. The third-order valence-electron chi connectivity index (χ3n) is 3.86. The molecule has 0 atom stereocenters. The van der Waals surface area contributed by atoms with E-state index in [1.807, 2.05) is 23.5 Å². The molecule has 1 N–H and O–H groups in total. The van der Waals surface area contributed by atoms with Crippen LogP contribution in [0.2, 0.25) is 0 Å². The molecule has 0 radical (unpaired) electrons. The number of hydrogen-bond donors (Lipinski definition) is 1. The van der Waals surface area contributed by atoms with Gasteiger partial charge in [0, 0.05) is 10.6 Å². The molecule has 0 bridgehead atoms. The van der Waals surface area contributed by atoms with Crippen molar-refractivity contribution in [3.05, 3.63) is 55.5 Å². The molecular weight excluding hydrogens is 298 g/mol. The Labute approximate surface area is 136 Å². The second-order valence-corrected chi connectivity index (χ2v) is 7.65. The second kappa shape index (κ2) is 7.54. The molecule has 1 aliphatic heterocycles. The quantitative estimate of drug-likeness (QED) is 0.680. The number of aliphatic hydroxyl groups is 1. The molecule has 1 fully saturated rings. The van der Waals surface area contributed by atoms with Crippen LogP contribution >= 0.6 is 23.5 Å². The molecule has 4 heteroatoms. The first-order valence-corrected chi connectivity index (χ1v) is 9.22. The number of thioether (sulfide) groups is 2. The van der Waals surface area contributed by atoms with Gasteiger partial charge in [-0.2, -0.15) is 0 Å². The van der Waals surface area contributed by atoms with Gasteiger partial charge in [-0.25, -0.2) is 0 Å². The van der Waals surface area contributed by atoms with Crippen molar-refractivity contribution in [1.82, 2.24) is 0 Å². The minimum absolute atomic E-state index is 0. The lowest BCUT2D eigenvalue weighted by Gasteiger charge is -2.40. The van der Waals surface area contributed by atoms with Crippen molar-refractivity contribution in [1.29, 1.82) is 0 Å². The summed E-state index contributed by atoms with van der Waals surface area (Å²) in [4.78, 5) is 0. The molecule has 0 unspecified atom stereocenters. The van der Waals surface area contributed by atoms with Crippen LogP contribution in [0.15, 0.2) is 42.5 Å². The highest BCUT2D eigenvalue weighted by Crippen LogP contribution is 2.32. The lowest BCUT2D eigenvalue weighted by Crippen LogP contribution is -2.50. The normalized spacial score (nSPS) is 17.4. The van der Waals surface area contributed by atoms with Crippen LogP contribution in [0.1, 0.15) is 5.56 Å². The Hall–Kier alpha value is -0.680. The number of aliphatic hydroxyl groups excluding tert-OH is 1. The highest BCUT2D eigenvalue weighted by Gasteiger charge is 2.31. The molecule has 3 rings (SSSR count). The standard InChI is InChI=1S/C16H20NOS2.CH3/c18-9-8-17(11-19-13-20-12-17)10-15-6-3-5-14-4-1-2-7-16(14)15;/h1-7,18H,8-13H2;1H3/q+1;-1. The van der Waals surface area contributed by atoms with Crippen LogP contribution in [0, 0.1) is 7.43 Å². The first kappa shape index (κ1) is 16.7. The predicted molar refractivity (Wildman–Crippen MR) is 96.1 cm³/mol. The summed E-state index contributed by atoms with van der Waals surface area (Å²) in [6.07, 6.45) is 0. The highest BCUT2D eigenvalue weighted by molar-refractivity contribution is 8.16. The largest absolute Gasteiger partial charge is 0.391 e. The number of rotatable bonds is 4. The molecule has 1 saturated heterocycles. The molecule has 1 aliphatic rings. The van der Waals surface area contributed by atoms with E-state index < -0.39 is 0 Å². The number of hydrogen-bond acceptors (Lipinski definition) is 3. The summed E-state index contributed by atoms with van der Waals surface area (Å²) in [6.45, 7) is 2.14. The minimum Gasteiger partial charge on any atom is -0.391 e. The Morgan fingerprint density at radius 3 is 2.48 bits per heavy atom. The van der Waals surface area contributed by atoms with Gasteiger partial charge < -0.3 is 17.0 Å². The Bertz CT molecular complexity index is 571. The zero-order valence-electron chi connectivity index (χ0n) is 12.5. The molecule has 1 heterocycles. The lowest BCUT2D eigenvalue weighted by atomic mass is 10.0. The minimum atomic E-state index is 0. The van der Waals surface area contributed by atoms with E-state index >= 15 is 0 Å². The summed E-state index contributed by atoms with van der Waals surface area (Å²) in [5.74, 6) is 2.22. The van der Waals surface area contributed by atoms with Crippen molar-refractivity contribution in [3.8, 4) is 0 Å². The second-order valence-electron chi connectivity index (χ2n) is 5.37. The first-order valence-electron chi connectivity index (χ1n) is 6.91. The van der Waals surface area contributed by atoms with Crippen LogP contribution in [-0.4, -0.2) is 39.6 Å². The third-order valence-corrected chi connectivity index (χ3v) is 6.65. The van der Waals surface area contributed by atoms with Gasteiger partial charge in [-0.05, 0) is 10.8 Å². The molecule has 0 aliphatic carbocycles. The van der Waals surface area contributed by atoms with Crippen molar-refractivity contribution in [2.75, 3.05) is 30.0 Å².